The Morgan fingerprint density at radius 3 is 1.58 bits per heavy atom. The van der Waals surface area contributed by atoms with Crippen LogP contribution in [0.1, 0.15) is 36.8 Å². The maximum Gasteiger partial charge on any atom is 0.142 e. The number of nitrogens with zero attached hydrogens (tertiary/aromatic N) is 2. The summed E-state index contributed by atoms with van der Waals surface area (Å²) in [5.74, 6) is 0. The van der Waals surface area contributed by atoms with Crippen LogP contribution < -0.4 is 0 Å². The van der Waals surface area contributed by atoms with Gasteiger partial charge in [0.15, 0.2) is 0 Å². The fraction of sp³-hybridized carbons (Fsp3) is 0.300. The fourth-order valence-corrected chi connectivity index (χ4v) is 2.61. The van der Waals surface area contributed by atoms with E-state index in [9.17, 15) is 0 Å². The minimum Gasteiger partial charge on any atom is -0.391 e. The first kappa shape index (κ1) is 16.2. The zero-order valence-electron chi connectivity index (χ0n) is 13.7. The lowest BCUT2D eigenvalue weighted by atomic mass is 9.97. The third-order valence-electron chi connectivity index (χ3n) is 3.87. The predicted octanol–water partition coefficient (Wildman–Crippen LogP) is 4.71. The molecule has 2 aromatic rings. The molecular weight excluding hydrogens is 300 g/mol. The van der Waals surface area contributed by atoms with E-state index in [2.05, 4.69) is 10.3 Å². The van der Waals surface area contributed by atoms with Gasteiger partial charge >= 0.3 is 0 Å². The van der Waals surface area contributed by atoms with Crippen LogP contribution in [0.3, 0.4) is 0 Å². The summed E-state index contributed by atoms with van der Waals surface area (Å²) in [7, 11) is 0. The van der Waals surface area contributed by atoms with E-state index in [4.69, 9.17) is 9.68 Å². The molecule has 1 aliphatic carbocycles. The van der Waals surface area contributed by atoms with Crippen molar-refractivity contribution in [3.05, 3.63) is 71.8 Å². The zero-order valence-corrected chi connectivity index (χ0v) is 13.7. The molecule has 3 rings (SSSR count). The quantitative estimate of drug-likeness (QED) is 0.723. The largest absolute Gasteiger partial charge is 0.391 e. The summed E-state index contributed by atoms with van der Waals surface area (Å²) in [6, 6.07) is 20.1. The Morgan fingerprint density at radius 2 is 1.12 bits per heavy atom. The zero-order chi connectivity index (χ0) is 16.5. The Balaban J connectivity index is 1.46. The standard InChI is InChI=1S/C20H22N2O2/c1-3-8-17(9-4-1)15-23-21-19-12-7-13-20(14-19)22-24-16-18-10-5-2-6-11-18/h1-6,8-11H,7,12-16H2/b21-19+,22-20+. The second kappa shape index (κ2) is 8.87. The van der Waals surface area contributed by atoms with Crippen LogP contribution in [0.15, 0.2) is 71.0 Å². The summed E-state index contributed by atoms with van der Waals surface area (Å²) in [5.41, 5.74) is 4.33. The van der Waals surface area contributed by atoms with E-state index in [-0.39, 0.29) is 0 Å². The van der Waals surface area contributed by atoms with Crippen LogP contribution in [0, 0.1) is 0 Å². The highest BCUT2D eigenvalue weighted by atomic mass is 16.6. The summed E-state index contributed by atoms with van der Waals surface area (Å²) >= 11 is 0. The molecule has 0 aromatic heterocycles. The molecule has 24 heavy (non-hydrogen) atoms. The molecule has 0 bridgehead atoms. The van der Waals surface area contributed by atoms with Crippen LogP contribution in [0.4, 0.5) is 0 Å². The fourth-order valence-electron chi connectivity index (χ4n) is 2.61. The predicted molar refractivity (Wildman–Crippen MR) is 95.8 cm³/mol. The van der Waals surface area contributed by atoms with Crippen molar-refractivity contribution in [1.29, 1.82) is 0 Å². The Hall–Kier alpha value is -2.62. The van der Waals surface area contributed by atoms with Gasteiger partial charge in [-0.25, -0.2) is 0 Å². The summed E-state index contributed by atoms with van der Waals surface area (Å²) in [4.78, 5) is 10.9. The molecule has 1 saturated carbocycles. The van der Waals surface area contributed by atoms with E-state index in [1.807, 2.05) is 60.7 Å². The highest BCUT2D eigenvalue weighted by Crippen LogP contribution is 2.15. The lowest BCUT2D eigenvalue weighted by Gasteiger charge is -2.14. The van der Waals surface area contributed by atoms with E-state index in [1.165, 1.54) is 0 Å². The molecule has 1 fully saturated rings. The maximum atomic E-state index is 5.47. The first-order valence-corrected chi connectivity index (χ1v) is 8.33. The van der Waals surface area contributed by atoms with Crippen molar-refractivity contribution in [2.45, 2.75) is 38.9 Å². The Bertz CT molecular complexity index is 622. The van der Waals surface area contributed by atoms with Gasteiger partial charge in [0.25, 0.3) is 0 Å². The smallest absolute Gasteiger partial charge is 0.142 e. The van der Waals surface area contributed by atoms with Gasteiger partial charge < -0.3 is 9.68 Å². The average molecular weight is 322 g/mol. The molecule has 0 unspecified atom stereocenters. The first-order valence-electron chi connectivity index (χ1n) is 8.33. The monoisotopic (exact) mass is 322 g/mol. The second-order valence-electron chi connectivity index (χ2n) is 5.86. The van der Waals surface area contributed by atoms with Crippen molar-refractivity contribution in [3.63, 3.8) is 0 Å². The summed E-state index contributed by atoms with van der Waals surface area (Å²) < 4.78 is 0. The van der Waals surface area contributed by atoms with Gasteiger partial charge in [-0.3, -0.25) is 0 Å². The summed E-state index contributed by atoms with van der Waals surface area (Å²) in [6.07, 6.45) is 3.71. The van der Waals surface area contributed by atoms with Crippen molar-refractivity contribution in [3.8, 4) is 0 Å². The Kier molecular flexibility index (Phi) is 6.00. The molecule has 4 heteroatoms. The number of benzene rings is 2. The molecular formula is C20H22N2O2. The van der Waals surface area contributed by atoms with Crippen LogP contribution in [-0.2, 0) is 22.9 Å². The van der Waals surface area contributed by atoms with Crippen molar-refractivity contribution in [2.24, 2.45) is 10.3 Å². The van der Waals surface area contributed by atoms with E-state index >= 15 is 0 Å². The molecule has 0 saturated heterocycles. The SMILES string of the molecule is c1ccc(CO/N=C2\CCC/C(=N\OCc3ccccc3)C2)cc1. The van der Waals surface area contributed by atoms with Crippen LogP contribution in [0.2, 0.25) is 0 Å². The normalized spacial score (nSPS) is 17.8. The molecule has 0 aliphatic heterocycles. The van der Waals surface area contributed by atoms with Gasteiger partial charge in [-0.15, -0.1) is 0 Å². The molecule has 0 N–H and O–H groups in total. The Labute approximate surface area is 142 Å². The Morgan fingerprint density at radius 1 is 0.667 bits per heavy atom. The van der Waals surface area contributed by atoms with E-state index in [0.717, 1.165) is 48.2 Å². The molecule has 0 atom stereocenters. The minimum atomic E-state index is 0.501. The summed E-state index contributed by atoms with van der Waals surface area (Å²) in [6.45, 7) is 1.00. The molecule has 1 aliphatic rings. The molecule has 0 spiro atoms. The molecule has 124 valence electrons. The molecule has 0 heterocycles. The average Bonchev–Trinajstić information content (AvgIpc) is 2.64. The molecule has 0 radical (unpaired) electrons. The lowest BCUT2D eigenvalue weighted by Crippen LogP contribution is -2.15. The van der Waals surface area contributed by atoms with Gasteiger partial charge in [-0.1, -0.05) is 71.0 Å². The van der Waals surface area contributed by atoms with Crippen LogP contribution in [-0.4, -0.2) is 11.4 Å². The molecule has 4 nitrogen and oxygen atoms in total. The number of rotatable bonds is 6. The van der Waals surface area contributed by atoms with Crippen molar-refractivity contribution in [2.75, 3.05) is 0 Å². The van der Waals surface area contributed by atoms with Gasteiger partial charge in [0.1, 0.15) is 13.2 Å². The van der Waals surface area contributed by atoms with Gasteiger partial charge in [-0.2, -0.15) is 0 Å². The van der Waals surface area contributed by atoms with Gasteiger partial charge in [0.2, 0.25) is 0 Å². The number of hydrogen-bond acceptors (Lipinski definition) is 4. The number of hydrogen-bond donors (Lipinski definition) is 0. The molecule has 2 aromatic carbocycles. The molecule has 0 amide bonds. The second-order valence-corrected chi connectivity index (χ2v) is 5.86. The van der Waals surface area contributed by atoms with Crippen molar-refractivity contribution < 1.29 is 9.68 Å². The van der Waals surface area contributed by atoms with Crippen molar-refractivity contribution >= 4 is 11.4 Å². The van der Waals surface area contributed by atoms with E-state index < -0.39 is 0 Å². The van der Waals surface area contributed by atoms with Crippen LogP contribution in [0.5, 0.6) is 0 Å². The third kappa shape index (κ3) is 5.23. The summed E-state index contributed by atoms with van der Waals surface area (Å²) in [5, 5.41) is 8.55. The van der Waals surface area contributed by atoms with Gasteiger partial charge in [-0.05, 0) is 30.4 Å². The van der Waals surface area contributed by atoms with Crippen LogP contribution in [0.25, 0.3) is 0 Å². The first-order chi connectivity index (χ1) is 11.9. The maximum absolute atomic E-state index is 5.47. The van der Waals surface area contributed by atoms with Gasteiger partial charge in [0.05, 0.1) is 11.4 Å². The van der Waals surface area contributed by atoms with E-state index in [0.29, 0.717) is 13.2 Å². The lowest BCUT2D eigenvalue weighted by molar-refractivity contribution is 0.127. The van der Waals surface area contributed by atoms with Gasteiger partial charge in [0, 0.05) is 6.42 Å². The topological polar surface area (TPSA) is 43.2 Å². The van der Waals surface area contributed by atoms with Crippen molar-refractivity contribution in [1.82, 2.24) is 0 Å². The number of oxime groups is 2. The third-order valence-corrected chi connectivity index (χ3v) is 3.87. The van der Waals surface area contributed by atoms with Crippen LogP contribution >= 0.6 is 0 Å². The minimum absolute atomic E-state index is 0.501. The van der Waals surface area contributed by atoms with E-state index in [1.54, 1.807) is 0 Å². The highest BCUT2D eigenvalue weighted by molar-refractivity contribution is 6.06. The highest BCUT2D eigenvalue weighted by Gasteiger charge is 2.14.